The highest BCUT2D eigenvalue weighted by Crippen LogP contribution is 2.21. The van der Waals surface area contributed by atoms with Crippen molar-refractivity contribution in [3.05, 3.63) is 47.8 Å². The van der Waals surface area contributed by atoms with Gasteiger partial charge in [0.2, 0.25) is 0 Å². The van der Waals surface area contributed by atoms with Crippen molar-refractivity contribution in [3.63, 3.8) is 0 Å². The van der Waals surface area contributed by atoms with E-state index in [4.69, 9.17) is 0 Å². The lowest BCUT2D eigenvalue weighted by Gasteiger charge is -2.24. The first-order valence-corrected chi connectivity index (χ1v) is 6.01. The minimum Gasteiger partial charge on any atom is -0.384 e. The van der Waals surface area contributed by atoms with Crippen LogP contribution in [0.25, 0.3) is 0 Å². The van der Waals surface area contributed by atoms with E-state index in [1.165, 1.54) is 0 Å². The first kappa shape index (κ1) is 12.6. The molecule has 0 radical (unpaired) electrons. The van der Waals surface area contributed by atoms with Crippen LogP contribution in [-0.4, -0.2) is 21.4 Å². The smallest absolute Gasteiger partial charge is 0.104 e. The molecule has 2 N–H and O–H groups in total. The Morgan fingerprint density at radius 3 is 2.56 bits per heavy atom. The van der Waals surface area contributed by atoms with Crippen LogP contribution in [0, 0.1) is 6.92 Å². The van der Waals surface area contributed by atoms with Gasteiger partial charge < -0.3 is 10.4 Å². The fourth-order valence-corrected chi connectivity index (χ4v) is 1.94. The van der Waals surface area contributed by atoms with E-state index in [0.717, 1.165) is 16.9 Å². The third kappa shape index (κ3) is 2.71. The number of hydrogen-bond acceptors (Lipinski definition) is 3. The van der Waals surface area contributed by atoms with Gasteiger partial charge in [0.1, 0.15) is 5.60 Å². The van der Waals surface area contributed by atoms with E-state index in [-0.39, 0.29) is 0 Å². The maximum absolute atomic E-state index is 10.5. The Kier molecular flexibility index (Phi) is 3.39. The zero-order chi connectivity index (χ0) is 13.2. The zero-order valence-electron chi connectivity index (χ0n) is 11.0. The van der Waals surface area contributed by atoms with Crippen molar-refractivity contribution in [1.29, 1.82) is 0 Å². The Morgan fingerprint density at radius 1 is 1.33 bits per heavy atom. The van der Waals surface area contributed by atoms with Crippen LogP contribution in [0.3, 0.4) is 0 Å². The Morgan fingerprint density at radius 2 is 2.00 bits per heavy atom. The van der Waals surface area contributed by atoms with Crippen molar-refractivity contribution in [2.24, 2.45) is 7.05 Å². The van der Waals surface area contributed by atoms with E-state index < -0.39 is 5.60 Å². The Hall–Kier alpha value is -1.81. The molecule has 0 aliphatic carbocycles. The number of nitrogens with one attached hydrogen (secondary N) is 1. The largest absolute Gasteiger partial charge is 0.384 e. The molecule has 18 heavy (non-hydrogen) atoms. The van der Waals surface area contributed by atoms with E-state index in [2.05, 4.69) is 10.4 Å². The average Bonchev–Trinajstić information content (AvgIpc) is 2.67. The fraction of sp³-hybridized carbons (Fsp3) is 0.357. The molecule has 4 heteroatoms. The third-order valence-corrected chi connectivity index (χ3v) is 3.03. The van der Waals surface area contributed by atoms with Gasteiger partial charge in [-0.1, -0.05) is 30.3 Å². The number of aromatic nitrogens is 2. The molecule has 0 bridgehead atoms. The molecular weight excluding hydrogens is 226 g/mol. The summed E-state index contributed by atoms with van der Waals surface area (Å²) in [6.07, 6.45) is 1.91. The second-order valence-corrected chi connectivity index (χ2v) is 4.80. The van der Waals surface area contributed by atoms with E-state index in [1.54, 1.807) is 11.6 Å². The van der Waals surface area contributed by atoms with E-state index >= 15 is 0 Å². The van der Waals surface area contributed by atoms with Crippen LogP contribution in [0.15, 0.2) is 36.5 Å². The molecule has 0 amide bonds. The van der Waals surface area contributed by atoms with Gasteiger partial charge in [-0.15, -0.1) is 0 Å². The number of anilines is 1. The maximum Gasteiger partial charge on any atom is 0.104 e. The summed E-state index contributed by atoms with van der Waals surface area (Å²) in [5, 5.41) is 18.0. The highest BCUT2D eigenvalue weighted by Gasteiger charge is 2.22. The van der Waals surface area contributed by atoms with Gasteiger partial charge in [0, 0.05) is 19.8 Å². The molecule has 1 aromatic heterocycles. The van der Waals surface area contributed by atoms with Crippen LogP contribution in [0.2, 0.25) is 0 Å². The van der Waals surface area contributed by atoms with E-state index in [0.29, 0.717) is 6.54 Å². The van der Waals surface area contributed by atoms with Crippen molar-refractivity contribution in [2.45, 2.75) is 19.4 Å². The van der Waals surface area contributed by atoms with E-state index in [1.807, 2.05) is 50.5 Å². The highest BCUT2D eigenvalue weighted by atomic mass is 16.3. The summed E-state index contributed by atoms with van der Waals surface area (Å²) >= 11 is 0. The molecule has 1 unspecified atom stereocenters. The monoisotopic (exact) mass is 245 g/mol. The lowest BCUT2D eigenvalue weighted by Crippen LogP contribution is -2.30. The van der Waals surface area contributed by atoms with Gasteiger partial charge in [0.15, 0.2) is 0 Å². The predicted octanol–water partition coefficient (Wildman–Crippen LogP) is 2.05. The van der Waals surface area contributed by atoms with Crippen LogP contribution >= 0.6 is 0 Å². The SMILES string of the molecule is Cc1nn(C)cc1NCC(C)(O)c1ccccc1. The van der Waals surface area contributed by atoms with Crippen LogP contribution < -0.4 is 5.32 Å². The van der Waals surface area contributed by atoms with Crippen molar-refractivity contribution in [1.82, 2.24) is 9.78 Å². The number of benzene rings is 1. The molecule has 0 spiro atoms. The first-order valence-electron chi connectivity index (χ1n) is 6.01. The molecule has 1 aromatic carbocycles. The van der Waals surface area contributed by atoms with Gasteiger partial charge >= 0.3 is 0 Å². The molecule has 0 aliphatic rings. The Labute approximate surface area is 107 Å². The van der Waals surface area contributed by atoms with E-state index in [9.17, 15) is 5.11 Å². The summed E-state index contributed by atoms with van der Waals surface area (Å²) in [5.74, 6) is 0. The topological polar surface area (TPSA) is 50.1 Å². The fourth-order valence-electron chi connectivity index (χ4n) is 1.94. The average molecular weight is 245 g/mol. The van der Waals surface area contributed by atoms with Gasteiger partial charge in [-0.25, -0.2) is 0 Å². The molecule has 96 valence electrons. The molecule has 0 fully saturated rings. The van der Waals surface area contributed by atoms with Crippen LogP contribution in [-0.2, 0) is 12.6 Å². The van der Waals surface area contributed by atoms with Crippen LogP contribution in [0.1, 0.15) is 18.2 Å². The first-order chi connectivity index (χ1) is 8.49. The number of hydrogen-bond donors (Lipinski definition) is 2. The normalized spacial score (nSPS) is 14.2. The van der Waals surface area contributed by atoms with Gasteiger partial charge in [0.25, 0.3) is 0 Å². The molecular formula is C14H19N3O. The summed E-state index contributed by atoms with van der Waals surface area (Å²) in [7, 11) is 1.88. The third-order valence-electron chi connectivity index (χ3n) is 3.03. The van der Waals surface area contributed by atoms with Gasteiger partial charge in [-0.05, 0) is 19.4 Å². The quantitative estimate of drug-likeness (QED) is 0.866. The molecule has 0 saturated heterocycles. The van der Waals surface area contributed by atoms with Crippen molar-refractivity contribution < 1.29 is 5.11 Å². The second-order valence-electron chi connectivity index (χ2n) is 4.80. The number of aliphatic hydroxyl groups is 1. The lowest BCUT2D eigenvalue weighted by atomic mass is 9.96. The van der Waals surface area contributed by atoms with Crippen molar-refractivity contribution in [3.8, 4) is 0 Å². The maximum atomic E-state index is 10.5. The highest BCUT2D eigenvalue weighted by molar-refractivity contribution is 5.46. The summed E-state index contributed by atoms with van der Waals surface area (Å²) in [6, 6.07) is 9.66. The summed E-state index contributed by atoms with van der Waals surface area (Å²) in [5.41, 5.74) is 1.89. The second kappa shape index (κ2) is 4.82. The number of rotatable bonds is 4. The number of nitrogens with zero attached hydrogens (tertiary/aromatic N) is 2. The van der Waals surface area contributed by atoms with Crippen LogP contribution in [0.4, 0.5) is 5.69 Å². The standard InChI is InChI=1S/C14H19N3O/c1-11-13(9-17(3)16-11)15-10-14(2,18)12-7-5-4-6-8-12/h4-9,15,18H,10H2,1-3H3. The van der Waals surface area contributed by atoms with Gasteiger partial charge in [-0.2, -0.15) is 5.10 Å². The predicted molar refractivity (Wildman–Crippen MR) is 72.4 cm³/mol. The zero-order valence-corrected chi connectivity index (χ0v) is 11.0. The van der Waals surface area contributed by atoms with Crippen molar-refractivity contribution >= 4 is 5.69 Å². The van der Waals surface area contributed by atoms with Gasteiger partial charge in [0.05, 0.1) is 11.4 Å². The molecule has 0 saturated carbocycles. The molecule has 0 aliphatic heterocycles. The number of aryl methyl sites for hydroxylation is 2. The molecule has 1 heterocycles. The van der Waals surface area contributed by atoms with Crippen molar-refractivity contribution in [2.75, 3.05) is 11.9 Å². The Balaban J connectivity index is 2.08. The summed E-state index contributed by atoms with van der Waals surface area (Å²) < 4.78 is 1.76. The lowest BCUT2D eigenvalue weighted by molar-refractivity contribution is 0.0715. The van der Waals surface area contributed by atoms with Gasteiger partial charge in [-0.3, -0.25) is 4.68 Å². The minimum absolute atomic E-state index is 0.448. The minimum atomic E-state index is -0.899. The molecule has 2 rings (SSSR count). The summed E-state index contributed by atoms with van der Waals surface area (Å²) in [4.78, 5) is 0. The molecule has 2 aromatic rings. The summed E-state index contributed by atoms with van der Waals surface area (Å²) in [6.45, 7) is 4.20. The molecule has 1 atom stereocenters. The van der Waals surface area contributed by atoms with Crippen LogP contribution in [0.5, 0.6) is 0 Å². The Bertz CT molecular complexity index is 517. The molecule has 4 nitrogen and oxygen atoms in total.